The number of benzene rings is 2. The number of carbonyl (C=O) groups excluding carboxylic acids is 1. The molecular formula is C19H17ClN4O. The highest BCUT2D eigenvalue weighted by molar-refractivity contribution is 6.33. The summed E-state index contributed by atoms with van der Waals surface area (Å²) in [6.07, 6.45) is 2.97. The van der Waals surface area contributed by atoms with Gasteiger partial charge >= 0.3 is 0 Å². The fourth-order valence-corrected chi connectivity index (χ4v) is 2.37. The van der Waals surface area contributed by atoms with Gasteiger partial charge in [-0.25, -0.2) is 9.97 Å². The molecule has 0 radical (unpaired) electrons. The molecule has 126 valence electrons. The van der Waals surface area contributed by atoms with Crippen LogP contribution in [0.3, 0.4) is 0 Å². The van der Waals surface area contributed by atoms with Crippen molar-refractivity contribution in [2.75, 3.05) is 10.6 Å². The Kier molecular flexibility index (Phi) is 5.26. The first-order valence-electron chi connectivity index (χ1n) is 7.79. The Bertz CT molecular complexity index is 863. The molecule has 5 nitrogen and oxygen atoms in total. The van der Waals surface area contributed by atoms with Crippen molar-refractivity contribution in [1.82, 2.24) is 9.97 Å². The van der Waals surface area contributed by atoms with E-state index in [9.17, 15) is 4.79 Å². The van der Waals surface area contributed by atoms with Gasteiger partial charge in [-0.2, -0.15) is 0 Å². The zero-order valence-corrected chi connectivity index (χ0v) is 14.4. The van der Waals surface area contributed by atoms with Crippen molar-refractivity contribution in [2.24, 2.45) is 0 Å². The lowest BCUT2D eigenvalue weighted by Crippen LogP contribution is -2.14. The number of aryl methyl sites for hydroxylation is 1. The first-order valence-corrected chi connectivity index (χ1v) is 8.17. The largest absolute Gasteiger partial charge is 0.365 e. The zero-order valence-electron chi connectivity index (χ0n) is 13.7. The standard InChI is InChI=1S/C19H17ClN4O/c1-13-6-8-14(9-7-13)10-22-18-12-21-17(11-23-18)19(25)24-16-5-3-2-4-15(16)20/h2-9,11-12H,10H2,1H3,(H,22,23)(H,24,25). The molecule has 2 aromatic carbocycles. The molecule has 1 amide bonds. The van der Waals surface area contributed by atoms with Gasteiger partial charge in [0, 0.05) is 6.54 Å². The highest BCUT2D eigenvalue weighted by atomic mass is 35.5. The van der Waals surface area contributed by atoms with Gasteiger partial charge in [0.25, 0.3) is 5.91 Å². The van der Waals surface area contributed by atoms with Crippen molar-refractivity contribution < 1.29 is 4.79 Å². The molecule has 25 heavy (non-hydrogen) atoms. The minimum atomic E-state index is -0.356. The topological polar surface area (TPSA) is 66.9 Å². The second kappa shape index (κ2) is 7.77. The summed E-state index contributed by atoms with van der Waals surface area (Å²) in [6.45, 7) is 2.69. The van der Waals surface area contributed by atoms with Crippen LogP contribution in [0, 0.1) is 6.92 Å². The van der Waals surface area contributed by atoms with E-state index in [1.807, 2.05) is 0 Å². The number of anilines is 2. The Hall–Kier alpha value is -2.92. The summed E-state index contributed by atoms with van der Waals surface area (Å²) >= 11 is 6.03. The van der Waals surface area contributed by atoms with Crippen molar-refractivity contribution in [2.45, 2.75) is 13.5 Å². The summed E-state index contributed by atoms with van der Waals surface area (Å²) in [5.41, 5.74) is 3.13. The van der Waals surface area contributed by atoms with Gasteiger partial charge in [-0.05, 0) is 24.6 Å². The Balaban J connectivity index is 1.60. The molecular weight excluding hydrogens is 336 g/mol. The van der Waals surface area contributed by atoms with Gasteiger partial charge in [0.05, 0.1) is 23.1 Å². The highest BCUT2D eigenvalue weighted by Crippen LogP contribution is 2.20. The first-order chi connectivity index (χ1) is 12.1. The van der Waals surface area contributed by atoms with E-state index in [4.69, 9.17) is 11.6 Å². The number of hydrogen-bond acceptors (Lipinski definition) is 4. The van der Waals surface area contributed by atoms with Crippen LogP contribution in [0.15, 0.2) is 60.9 Å². The molecule has 0 fully saturated rings. The average molecular weight is 353 g/mol. The maximum absolute atomic E-state index is 12.2. The number of amides is 1. The number of nitrogens with one attached hydrogen (secondary N) is 2. The molecule has 0 aliphatic carbocycles. The molecule has 3 aromatic rings. The summed E-state index contributed by atoms with van der Waals surface area (Å²) in [6, 6.07) is 15.3. The Labute approximate surface area is 151 Å². The lowest BCUT2D eigenvalue weighted by molar-refractivity contribution is 0.102. The lowest BCUT2D eigenvalue weighted by atomic mass is 10.1. The number of para-hydroxylation sites is 1. The van der Waals surface area contributed by atoms with Crippen molar-refractivity contribution >= 4 is 29.0 Å². The van der Waals surface area contributed by atoms with Crippen molar-refractivity contribution in [3.8, 4) is 0 Å². The van der Waals surface area contributed by atoms with Crippen LogP contribution in [-0.2, 0) is 6.54 Å². The van der Waals surface area contributed by atoms with E-state index in [0.29, 0.717) is 23.1 Å². The molecule has 6 heteroatoms. The number of carbonyl (C=O) groups is 1. The minimum absolute atomic E-state index is 0.223. The summed E-state index contributed by atoms with van der Waals surface area (Å²) in [5, 5.41) is 6.37. The minimum Gasteiger partial charge on any atom is -0.365 e. The summed E-state index contributed by atoms with van der Waals surface area (Å²) in [7, 11) is 0. The Morgan fingerprint density at radius 1 is 1.04 bits per heavy atom. The van der Waals surface area contributed by atoms with Gasteiger partial charge in [0.1, 0.15) is 11.5 Å². The van der Waals surface area contributed by atoms with E-state index in [-0.39, 0.29) is 11.6 Å². The molecule has 2 N–H and O–H groups in total. The molecule has 0 saturated heterocycles. The van der Waals surface area contributed by atoms with Crippen LogP contribution in [-0.4, -0.2) is 15.9 Å². The van der Waals surface area contributed by atoms with Crippen molar-refractivity contribution in [3.63, 3.8) is 0 Å². The van der Waals surface area contributed by atoms with E-state index in [1.165, 1.54) is 18.0 Å². The number of halogens is 1. The Morgan fingerprint density at radius 2 is 1.80 bits per heavy atom. The van der Waals surface area contributed by atoms with E-state index in [1.54, 1.807) is 24.3 Å². The van der Waals surface area contributed by atoms with Crippen LogP contribution in [0.1, 0.15) is 21.6 Å². The fourth-order valence-electron chi connectivity index (χ4n) is 2.18. The van der Waals surface area contributed by atoms with Crippen LogP contribution in [0.5, 0.6) is 0 Å². The molecule has 0 spiro atoms. The molecule has 0 atom stereocenters. The molecule has 1 aromatic heterocycles. The lowest BCUT2D eigenvalue weighted by Gasteiger charge is -2.08. The summed E-state index contributed by atoms with van der Waals surface area (Å²) < 4.78 is 0. The predicted octanol–water partition coefficient (Wildman–Crippen LogP) is 4.30. The average Bonchev–Trinajstić information content (AvgIpc) is 2.63. The number of nitrogens with zero attached hydrogens (tertiary/aromatic N) is 2. The monoisotopic (exact) mass is 352 g/mol. The summed E-state index contributed by atoms with van der Waals surface area (Å²) in [5.74, 6) is 0.251. The molecule has 0 unspecified atom stereocenters. The number of hydrogen-bond donors (Lipinski definition) is 2. The van der Waals surface area contributed by atoms with E-state index < -0.39 is 0 Å². The maximum Gasteiger partial charge on any atom is 0.275 e. The molecule has 0 aliphatic rings. The fraction of sp³-hybridized carbons (Fsp3) is 0.105. The molecule has 3 rings (SSSR count). The van der Waals surface area contributed by atoms with Crippen LogP contribution in [0.25, 0.3) is 0 Å². The molecule has 0 saturated carbocycles. The van der Waals surface area contributed by atoms with Crippen molar-refractivity contribution in [1.29, 1.82) is 0 Å². The normalized spacial score (nSPS) is 10.3. The quantitative estimate of drug-likeness (QED) is 0.718. The van der Waals surface area contributed by atoms with Gasteiger partial charge in [-0.3, -0.25) is 4.79 Å². The van der Waals surface area contributed by atoms with Crippen LogP contribution in [0.2, 0.25) is 5.02 Å². The van der Waals surface area contributed by atoms with Crippen molar-refractivity contribution in [3.05, 3.63) is 82.8 Å². The number of rotatable bonds is 5. The van der Waals surface area contributed by atoms with Gasteiger partial charge in [-0.15, -0.1) is 0 Å². The second-order valence-electron chi connectivity index (χ2n) is 5.56. The predicted molar refractivity (Wildman–Crippen MR) is 99.9 cm³/mol. The van der Waals surface area contributed by atoms with Gasteiger partial charge < -0.3 is 10.6 Å². The summed E-state index contributed by atoms with van der Waals surface area (Å²) in [4.78, 5) is 20.6. The van der Waals surface area contributed by atoms with Gasteiger partial charge in [0.15, 0.2) is 0 Å². The van der Waals surface area contributed by atoms with Crippen LogP contribution in [0.4, 0.5) is 11.5 Å². The third-order valence-electron chi connectivity index (χ3n) is 3.60. The Morgan fingerprint density at radius 3 is 2.48 bits per heavy atom. The first kappa shape index (κ1) is 16.9. The molecule has 0 aliphatic heterocycles. The molecule has 0 bridgehead atoms. The third kappa shape index (κ3) is 4.55. The van der Waals surface area contributed by atoms with Crippen LogP contribution >= 0.6 is 11.6 Å². The second-order valence-corrected chi connectivity index (χ2v) is 5.97. The van der Waals surface area contributed by atoms with E-state index >= 15 is 0 Å². The SMILES string of the molecule is Cc1ccc(CNc2cnc(C(=O)Nc3ccccc3Cl)cn2)cc1. The maximum atomic E-state index is 12.2. The van der Waals surface area contributed by atoms with Gasteiger partial charge in [-0.1, -0.05) is 53.6 Å². The van der Waals surface area contributed by atoms with E-state index in [2.05, 4.69) is 51.8 Å². The smallest absolute Gasteiger partial charge is 0.275 e. The zero-order chi connectivity index (χ0) is 17.6. The number of aromatic nitrogens is 2. The molecule has 1 heterocycles. The third-order valence-corrected chi connectivity index (χ3v) is 3.93. The highest BCUT2D eigenvalue weighted by Gasteiger charge is 2.10. The van der Waals surface area contributed by atoms with Crippen LogP contribution < -0.4 is 10.6 Å². The van der Waals surface area contributed by atoms with E-state index in [0.717, 1.165) is 5.56 Å². The van der Waals surface area contributed by atoms with Gasteiger partial charge in [0.2, 0.25) is 0 Å².